The highest BCUT2D eigenvalue weighted by Crippen LogP contribution is 2.34. The van der Waals surface area contributed by atoms with Gasteiger partial charge in [-0.25, -0.2) is 9.59 Å². The minimum Gasteiger partial charge on any atom is -0.478 e. The maximum absolute atomic E-state index is 10.8. The molecule has 13 nitrogen and oxygen atoms in total. The van der Waals surface area contributed by atoms with Crippen molar-refractivity contribution in [3.63, 3.8) is 0 Å². The quantitative estimate of drug-likeness (QED) is 0.183. The van der Waals surface area contributed by atoms with Gasteiger partial charge in [0.1, 0.15) is 4.90 Å². The summed E-state index contributed by atoms with van der Waals surface area (Å²) in [6, 6.07) is 13.3. The molecule has 0 unspecified atom stereocenters. The Morgan fingerprint density at radius 1 is 0.647 bits per heavy atom. The first-order chi connectivity index (χ1) is 15.6. The van der Waals surface area contributed by atoms with Crippen molar-refractivity contribution in [3.8, 4) is 0 Å². The number of nitrogens with two attached hydrogens (primary N) is 6. The van der Waals surface area contributed by atoms with Gasteiger partial charge in [-0.1, -0.05) is 12.1 Å². The summed E-state index contributed by atoms with van der Waals surface area (Å²) < 4.78 is 30.3. The molecule has 0 bridgehead atoms. The number of nitrogen functional groups attached to an aromatic ring is 6. The summed E-state index contributed by atoms with van der Waals surface area (Å²) in [6.07, 6.45) is 0. The van der Waals surface area contributed by atoms with Crippen LogP contribution in [0.1, 0.15) is 20.7 Å². The topological polar surface area (TPSA) is 285 Å². The van der Waals surface area contributed by atoms with Gasteiger partial charge in [-0.3, -0.25) is 4.55 Å². The van der Waals surface area contributed by atoms with Gasteiger partial charge in [0.2, 0.25) is 0 Å². The van der Waals surface area contributed by atoms with Crippen LogP contribution < -0.4 is 34.4 Å². The molecule has 3 rings (SSSR count). The summed E-state index contributed by atoms with van der Waals surface area (Å²) in [6.45, 7) is 0. The maximum atomic E-state index is 10.8. The normalized spacial score (nSPS) is 10.1. The third kappa shape index (κ3) is 7.77. The molecule has 0 aliphatic heterocycles. The van der Waals surface area contributed by atoms with Gasteiger partial charge in [-0.05, 0) is 42.5 Å². The second kappa shape index (κ2) is 11.3. The van der Waals surface area contributed by atoms with Gasteiger partial charge in [-0.15, -0.1) is 0 Å². The van der Waals surface area contributed by atoms with E-state index in [1.165, 1.54) is 24.3 Å². The lowest BCUT2D eigenvalue weighted by Crippen LogP contribution is -2.10. The van der Waals surface area contributed by atoms with Crippen LogP contribution >= 0.6 is 0 Å². The predicted octanol–water partition coefficient (Wildman–Crippen LogP) is 1.20. The van der Waals surface area contributed by atoms with Crippen molar-refractivity contribution in [3.05, 3.63) is 65.7 Å². The minimum absolute atomic E-state index is 0.00472. The van der Waals surface area contributed by atoms with E-state index in [0.29, 0.717) is 11.4 Å². The van der Waals surface area contributed by atoms with Crippen LogP contribution in [0.15, 0.2) is 59.5 Å². The summed E-state index contributed by atoms with van der Waals surface area (Å²) in [5.41, 5.74) is 33.0. The second-order valence-electron chi connectivity index (χ2n) is 6.54. The van der Waals surface area contributed by atoms with Crippen LogP contribution in [0.4, 0.5) is 34.1 Å². The Balaban J connectivity index is 0.000000261. The van der Waals surface area contributed by atoms with Crippen molar-refractivity contribution in [1.82, 2.24) is 0 Å². The molecule has 0 aromatic heterocycles. The molecule has 0 aliphatic carbocycles. The summed E-state index contributed by atoms with van der Waals surface area (Å²) in [7, 11) is -4.44. The molecule has 182 valence electrons. The van der Waals surface area contributed by atoms with Crippen molar-refractivity contribution in [2.75, 3.05) is 34.4 Å². The van der Waals surface area contributed by atoms with Crippen LogP contribution in [-0.4, -0.2) is 35.1 Å². The Kier molecular flexibility index (Phi) is 9.05. The van der Waals surface area contributed by atoms with Crippen LogP contribution in [0.3, 0.4) is 0 Å². The first-order valence-corrected chi connectivity index (χ1v) is 10.5. The van der Waals surface area contributed by atoms with E-state index in [1.54, 1.807) is 24.3 Å². The van der Waals surface area contributed by atoms with E-state index in [9.17, 15) is 18.0 Å². The van der Waals surface area contributed by atoms with E-state index in [0.717, 1.165) is 6.07 Å². The number of hydrogen-bond acceptors (Lipinski definition) is 10. The van der Waals surface area contributed by atoms with E-state index in [2.05, 4.69) is 0 Å². The standard InChI is InChI=1S/2C7H7NO2.C6H10N4O3S/c2*8-6-3-1-2-5(4-6)7(9)10;7-2-1-3(14(11,12)13)5(9)6(10)4(2)8/h2*1-4H,8H2,(H,9,10);1H,7-10H2,(H,11,12,13). The van der Waals surface area contributed by atoms with Gasteiger partial charge in [0, 0.05) is 11.4 Å². The fourth-order valence-electron chi connectivity index (χ4n) is 2.29. The summed E-state index contributed by atoms with van der Waals surface area (Å²) in [4.78, 5) is 20.1. The number of benzene rings is 3. The van der Waals surface area contributed by atoms with E-state index in [-0.39, 0.29) is 33.9 Å². The molecule has 14 heteroatoms. The maximum Gasteiger partial charge on any atom is 0.335 e. The summed E-state index contributed by atoms with van der Waals surface area (Å²) in [5.74, 6) is -1.90. The number of rotatable bonds is 3. The van der Waals surface area contributed by atoms with Crippen LogP contribution in [-0.2, 0) is 10.1 Å². The van der Waals surface area contributed by atoms with Crippen molar-refractivity contribution in [1.29, 1.82) is 0 Å². The summed E-state index contributed by atoms with van der Waals surface area (Å²) >= 11 is 0. The fraction of sp³-hybridized carbons (Fsp3) is 0. The zero-order valence-electron chi connectivity index (χ0n) is 17.5. The molecule has 3 aromatic carbocycles. The Hall–Kier alpha value is -4.69. The van der Waals surface area contributed by atoms with Crippen molar-refractivity contribution in [2.24, 2.45) is 0 Å². The molecule has 3 aromatic rings. The van der Waals surface area contributed by atoms with Crippen LogP contribution in [0.2, 0.25) is 0 Å². The van der Waals surface area contributed by atoms with Gasteiger partial charge in [-0.2, -0.15) is 8.42 Å². The Morgan fingerprint density at radius 3 is 1.35 bits per heavy atom. The van der Waals surface area contributed by atoms with Crippen molar-refractivity contribution >= 4 is 56.2 Å². The fourth-order valence-corrected chi connectivity index (χ4v) is 2.95. The van der Waals surface area contributed by atoms with Crippen LogP contribution in [0, 0.1) is 0 Å². The molecule has 0 fully saturated rings. The van der Waals surface area contributed by atoms with Crippen molar-refractivity contribution < 1.29 is 32.8 Å². The molecule has 0 heterocycles. The van der Waals surface area contributed by atoms with Crippen LogP contribution in [0.25, 0.3) is 0 Å². The Labute approximate surface area is 194 Å². The number of aromatic carboxylic acids is 2. The third-order valence-corrected chi connectivity index (χ3v) is 4.88. The molecule has 34 heavy (non-hydrogen) atoms. The van der Waals surface area contributed by atoms with Gasteiger partial charge in [0.05, 0.1) is 33.9 Å². The van der Waals surface area contributed by atoms with Gasteiger partial charge >= 0.3 is 11.9 Å². The Morgan fingerprint density at radius 2 is 1.06 bits per heavy atom. The van der Waals surface area contributed by atoms with E-state index >= 15 is 0 Å². The number of carboxylic acid groups (broad SMARTS) is 2. The monoisotopic (exact) mass is 492 g/mol. The molecule has 15 N–H and O–H groups in total. The number of carbonyl (C=O) groups is 2. The summed E-state index contributed by atoms with van der Waals surface area (Å²) in [5, 5.41) is 16.9. The SMILES string of the molecule is Nc1cc(S(=O)(=O)O)c(N)c(N)c1N.Nc1cccc(C(=O)O)c1.Nc1cccc(C(=O)O)c1. The smallest absolute Gasteiger partial charge is 0.335 e. The zero-order valence-corrected chi connectivity index (χ0v) is 18.4. The third-order valence-electron chi connectivity index (χ3n) is 3.99. The number of carboxylic acids is 2. The molecular formula is C20H24N6O7S. The molecule has 0 saturated carbocycles. The lowest BCUT2D eigenvalue weighted by Gasteiger charge is -2.10. The van der Waals surface area contributed by atoms with E-state index < -0.39 is 27.0 Å². The number of anilines is 6. The van der Waals surface area contributed by atoms with Gasteiger partial charge in [0.15, 0.2) is 0 Å². The molecule has 0 saturated heterocycles. The first-order valence-electron chi connectivity index (χ1n) is 9.03. The highest BCUT2D eigenvalue weighted by molar-refractivity contribution is 7.86. The predicted molar refractivity (Wildman–Crippen MR) is 130 cm³/mol. The highest BCUT2D eigenvalue weighted by Gasteiger charge is 2.19. The van der Waals surface area contributed by atoms with Gasteiger partial charge in [0.25, 0.3) is 10.1 Å². The molecule has 0 amide bonds. The number of hydrogen-bond donors (Lipinski definition) is 9. The highest BCUT2D eigenvalue weighted by atomic mass is 32.2. The molecule has 0 spiro atoms. The lowest BCUT2D eigenvalue weighted by atomic mass is 10.2. The molecule has 0 radical (unpaired) electrons. The average molecular weight is 493 g/mol. The minimum atomic E-state index is -4.44. The molecule has 0 atom stereocenters. The van der Waals surface area contributed by atoms with E-state index in [4.69, 9.17) is 49.2 Å². The zero-order chi connectivity index (χ0) is 26.2. The van der Waals surface area contributed by atoms with Crippen molar-refractivity contribution in [2.45, 2.75) is 4.90 Å². The van der Waals surface area contributed by atoms with Crippen LogP contribution in [0.5, 0.6) is 0 Å². The molecule has 0 aliphatic rings. The average Bonchev–Trinajstić information content (AvgIpc) is 2.75. The van der Waals surface area contributed by atoms with Gasteiger partial charge < -0.3 is 44.6 Å². The Bertz CT molecular complexity index is 1260. The lowest BCUT2D eigenvalue weighted by molar-refractivity contribution is 0.0686. The molecular weight excluding hydrogens is 468 g/mol. The van der Waals surface area contributed by atoms with E-state index in [1.807, 2.05) is 0 Å². The largest absolute Gasteiger partial charge is 0.478 e. The first kappa shape index (κ1) is 27.3. The second-order valence-corrected chi connectivity index (χ2v) is 7.93.